The Morgan fingerprint density at radius 1 is 0.831 bits per heavy atom. The normalized spacial score (nSPS) is 15.7. The number of anilines is 3. The van der Waals surface area contributed by atoms with E-state index in [9.17, 15) is 27.6 Å². The molecule has 2 aliphatic rings. The topological polar surface area (TPSA) is 155 Å². The molecule has 15 heteroatoms. The van der Waals surface area contributed by atoms with Gasteiger partial charge in [0, 0.05) is 26.4 Å². The predicted octanol–water partition coefficient (Wildman–Crippen LogP) is 8.76. The van der Waals surface area contributed by atoms with Crippen molar-refractivity contribution in [1.29, 1.82) is 0 Å². The first-order chi connectivity index (χ1) is 28.5. The molecule has 5 rings (SSSR count). The van der Waals surface area contributed by atoms with Gasteiger partial charge in [-0.25, -0.2) is 18.1 Å². The number of carbonyl (C=O) groups is 4. The Hall–Kier alpha value is -4.66. The predicted molar refractivity (Wildman–Crippen MR) is 230 cm³/mol. The zero-order valence-corrected chi connectivity index (χ0v) is 36.0. The summed E-state index contributed by atoms with van der Waals surface area (Å²) in [7, 11) is -1.67. The fourth-order valence-electron chi connectivity index (χ4n) is 7.53. The molecule has 0 aliphatic carbocycles. The van der Waals surface area contributed by atoms with Crippen LogP contribution in [-0.2, 0) is 35.6 Å². The van der Waals surface area contributed by atoms with Gasteiger partial charge in [0.15, 0.2) is 6.04 Å². The summed E-state index contributed by atoms with van der Waals surface area (Å²) < 4.78 is 41.1. The molecule has 5 amide bonds. The maximum Gasteiger partial charge on any atom is 0.330 e. The monoisotopic (exact) mass is 851 g/mol. The van der Waals surface area contributed by atoms with Gasteiger partial charge >= 0.3 is 6.03 Å². The zero-order valence-electron chi connectivity index (χ0n) is 34.4. The van der Waals surface area contributed by atoms with E-state index in [1.54, 1.807) is 30.3 Å². The summed E-state index contributed by atoms with van der Waals surface area (Å²) in [5.74, 6) is -2.60. The molecule has 0 spiro atoms. The minimum Gasteiger partial charge on any atom is -0.491 e. The molecule has 320 valence electrons. The number of likely N-dealkylation sites (N-methyl/N-ethyl adjacent to an activating group) is 1. The average Bonchev–Trinajstić information content (AvgIpc) is 3.74. The van der Waals surface area contributed by atoms with Crippen LogP contribution < -0.4 is 19.7 Å². The highest BCUT2D eigenvalue weighted by molar-refractivity contribution is 7.92. The number of hydrogen-bond acceptors (Lipinski definition) is 8. The van der Waals surface area contributed by atoms with Crippen LogP contribution in [0.5, 0.6) is 5.75 Å². The Morgan fingerprint density at radius 3 is 2.07 bits per heavy atom. The van der Waals surface area contributed by atoms with Gasteiger partial charge in [-0.3, -0.25) is 24.0 Å². The highest BCUT2D eigenvalue weighted by atomic mass is 35.5. The lowest BCUT2D eigenvalue weighted by atomic mass is 10.0. The number of methoxy groups -OCH3 is 1. The summed E-state index contributed by atoms with van der Waals surface area (Å²) >= 11 is 6.25. The number of halogens is 1. The van der Waals surface area contributed by atoms with E-state index in [1.165, 1.54) is 108 Å². The Kier molecular flexibility index (Phi) is 17.0. The molecule has 0 bridgehead atoms. The second-order valence-electron chi connectivity index (χ2n) is 15.1. The minimum atomic E-state index is -4.25. The van der Waals surface area contributed by atoms with Gasteiger partial charge in [-0.1, -0.05) is 132 Å². The highest BCUT2D eigenvalue weighted by Gasteiger charge is 2.53. The number of nitrogens with zero attached hydrogens (tertiary/aromatic N) is 3. The number of hydrogen-bond donors (Lipinski definition) is 2. The van der Waals surface area contributed by atoms with Crippen molar-refractivity contribution in [3.63, 3.8) is 0 Å². The van der Waals surface area contributed by atoms with Crippen molar-refractivity contribution in [2.45, 2.75) is 120 Å². The van der Waals surface area contributed by atoms with Crippen molar-refractivity contribution in [2.75, 3.05) is 42.2 Å². The lowest BCUT2D eigenvalue weighted by Gasteiger charge is -2.28. The molecule has 0 saturated carbocycles. The number of imide groups is 1. The number of fused-ring (bicyclic) bond motifs is 1. The van der Waals surface area contributed by atoms with Gasteiger partial charge in [0.1, 0.15) is 5.75 Å². The van der Waals surface area contributed by atoms with Crippen molar-refractivity contribution in [2.24, 2.45) is 0 Å². The third-order valence-electron chi connectivity index (χ3n) is 10.8. The van der Waals surface area contributed by atoms with E-state index in [0.717, 1.165) is 36.1 Å². The quantitative estimate of drug-likeness (QED) is 0.0515. The van der Waals surface area contributed by atoms with E-state index in [-0.39, 0.29) is 40.2 Å². The maximum absolute atomic E-state index is 14.5. The number of ether oxygens (including phenoxy) is 2. The SMILES string of the molecule is CCCCCCCCCCCCCCCCOc1ccc(S(=O)(=O)Nc2ccccc2Cl)cc1NC(=O)C(C(=O)N1CCc2ccccc21)N1C(=O)C(OC)N(C)C1=O. The van der Waals surface area contributed by atoms with Crippen LogP contribution in [0.1, 0.15) is 102 Å². The highest BCUT2D eigenvalue weighted by Crippen LogP contribution is 2.33. The number of amides is 5. The zero-order chi connectivity index (χ0) is 42.4. The minimum absolute atomic E-state index is 0.0715. The number of nitrogens with one attached hydrogen (secondary N) is 2. The van der Waals surface area contributed by atoms with Crippen LogP contribution in [0, 0.1) is 0 Å². The van der Waals surface area contributed by atoms with Gasteiger partial charge in [-0.2, -0.15) is 0 Å². The standard InChI is InChI=1S/C44H58ClN5O8S/c1-4-5-6-7-8-9-10-11-12-13-14-15-16-21-30-58-38-27-26-33(59(55,56)47-35-24-19-18-23-34(35)45)31-36(38)46-40(51)39(50-42(53)43(57-3)48(2)44(50)54)41(52)49-29-28-32-22-17-20-25-37(32)49/h17-20,22-27,31,39,43,47H,4-16,21,28-30H2,1-3H3,(H,46,51). The van der Waals surface area contributed by atoms with Crippen LogP contribution in [0.15, 0.2) is 71.6 Å². The smallest absolute Gasteiger partial charge is 0.330 e. The second kappa shape index (κ2) is 22.1. The number of benzene rings is 3. The van der Waals surface area contributed by atoms with E-state index < -0.39 is 46.0 Å². The van der Waals surface area contributed by atoms with E-state index in [4.69, 9.17) is 21.1 Å². The number of urea groups is 1. The molecule has 2 heterocycles. The molecule has 0 radical (unpaired) electrons. The van der Waals surface area contributed by atoms with Gasteiger partial charge < -0.3 is 19.7 Å². The van der Waals surface area contributed by atoms with Crippen molar-refractivity contribution in [3.8, 4) is 5.75 Å². The third-order valence-corrected chi connectivity index (χ3v) is 12.5. The first-order valence-electron chi connectivity index (χ1n) is 20.9. The summed E-state index contributed by atoms with van der Waals surface area (Å²) in [4.78, 5) is 58.8. The van der Waals surface area contributed by atoms with Crippen molar-refractivity contribution < 1.29 is 37.1 Å². The molecule has 1 fully saturated rings. The lowest BCUT2D eigenvalue weighted by molar-refractivity contribution is -0.146. The van der Waals surface area contributed by atoms with Crippen LogP contribution in [0.3, 0.4) is 0 Å². The van der Waals surface area contributed by atoms with Crippen LogP contribution in [-0.4, -0.2) is 81.5 Å². The van der Waals surface area contributed by atoms with E-state index >= 15 is 0 Å². The molecule has 2 unspecified atom stereocenters. The molecule has 2 aliphatic heterocycles. The number of sulfonamides is 1. The summed E-state index contributed by atoms with van der Waals surface area (Å²) in [5, 5.41) is 2.84. The van der Waals surface area contributed by atoms with E-state index in [2.05, 4.69) is 17.0 Å². The molecule has 13 nitrogen and oxygen atoms in total. The van der Waals surface area contributed by atoms with Crippen LogP contribution in [0.2, 0.25) is 5.02 Å². The summed E-state index contributed by atoms with van der Waals surface area (Å²) in [6, 6.07) is 14.6. The van der Waals surface area contributed by atoms with Gasteiger partial charge in [0.2, 0.25) is 6.23 Å². The third kappa shape index (κ3) is 11.8. The number of rotatable bonds is 24. The fraction of sp³-hybridized carbons (Fsp3) is 0.500. The molecular formula is C44H58ClN5O8S. The van der Waals surface area contributed by atoms with Crippen molar-refractivity contribution in [1.82, 2.24) is 9.80 Å². The lowest BCUT2D eigenvalue weighted by Crippen LogP contribution is -2.57. The Balaban J connectivity index is 1.31. The first kappa shape index (κ1) is 45.4. The number of carbonyl (C=O) groups excluding carboxylic acids is 4. The molecule has 2 N–H and O–H groups in total. The Labute approximate surface area is 353 Å². The van der Waals surface area contributed by atoms with Gasteiger partial charge in [0.25, 0.3) is 27.7 Å². The van der Waals surface area contributed by atoms with Crippen LogP contribution in [0.25, 0.3) is 0 Å². The fourth-order valence-corrected chi connectivity index (χ4v) is 8.87. The van der Waals surface area contributed by atoms with Crippen molar-refractivity contribution >= 4 is 62.4 Å². The summed E-state index contributed by atoms with van der Waals surface area (Å²) in [5.41, 5.74) is 1.51. The molecular weight excluding hydrogens is 794 g/mol. The molecule has 2 atom stereocenters. The second-order valence-corrected chi connectivity index (χ2v) is 17.2. The van der Waals surface area contributed by atoms with Crippen molar-refractivity contribution in [3.05, 3.63) is 77.3 Å². The maximum atomic E-state index is 14.5. The summed E-state index contributed by atoms with van der Waals surface area (Å²) in [6.45, 7) is 2.74. The van der Waals surface area contributed by atoms with Crippen LogP contribution >= 0.6 is 11.6 Å². The average molecular weight is 852 g/mol. The number of unbranched alkanes of at least 4 members (excludes halogenated alkanes) is 13. The molecule has 0 aromatic heterocycles. The molecule has 59 heavy (non-hydrogen) atoms. The van der Waals surface area contributed by atoms with Gasteiger partial charge in [0.05, 0.1) is 27.9 Å². The number of para-hydroxylation sites is 2. The molecule has 1 saturated heterocycles. The van der Waals surface area contributed by atoms with Gasteiger partial charge in [-0.15, -0.1) is 0 Å². The van der Waals surface area contributed by atoms with E-state index in [0.29, 0.717) is 17.0 Å². The Bertz CT molecular complexity index is 2030. The molecule has 3 aromatic carbocycles. The Morgan fingerprint density at radius 2 is 1.44 bits per heavy atom. The first-order valence-corrected chi connectivity index (χ1v) is 22.7. The van der Waals surface area contributed by atoms with Gasteiger partial charge in [-0.05, 0) is 54.8 Å². The van der Waals surface area contributed by atoms with E-state index in [1.807, 2.05) is 12.1 Å². The largest absolute Gasteiger partial charge is 0.491 e. The summed E-state index contributed by atoms with van der Waals surface area (Å²) in [6.07, 6.45) is 15.9. The van der Waals surface area contributed by atoms with Crippen LogP contribution in [0.4, 0.5) is 21.9 Å². The molecule has 3 aromatic rings.